The Balaban J connectivity index is 3.52. The standard InChI is InChI=1S/C8H4Br2ClNO/c1-4-6(11)2-5(9)8(7(4)10)12-3-13/h2H,1H3. The Hall–Kier alpha value is -0.150. The summed E-state index contributed by atoms with van der Waals surface area (Å²) >= 11 is 12.4. The van der Waals surface area contributed by atoms with Gasteiger partial charge in [0.05, 0.1) is 0 Å². The number of nitrogens with zero attached hydrogens (tertiary/aromatic N) is 1. The summed E-state index contributed by atoms with van der Waals surface area (Å²) in [5, 5.41) is 0.614. The molecule has 0 radical (unpaired) electrons. The minimum absolute atomic E-state index is 0.511. The number of halogens is 3. The van der Waals surface area contributed by atoms with Gasteiger partial charge in [-0.2, -0.15) is 4.99 Å². The van der Waals surface area contributed by atoms with Crippen LogP contribution in [0.1, 0.15) is 5.56 Å². The molecule has 0 aromatic heterocycles. The second kappa shape index (κ2) is 4.38. The minimum Gasteiger partial charge on any atom is -0.211 e. The molecule has 0 atom stereocenters. The van der Waals surface area contributed by atoms with Crippen LogP contribution >= 0.6 is 43.5 Å². The van der Waals surface area contributed by atoms with Gasteiger partial charge < -0.3 is 0 Å². The summed E-state index contributed by atoms with van der Waals surface area (Å²) in [5.41, 5.74) is 1.36. The van der Waals surface area contributed by atoms with Crippen molar-refractivity contribution in [3.8, 4) is 0 Å². The predicted octanol–water partition coefficient (Wildman–Crippen LogP) is 4.14. The van der Waals surface area contributed by atoms with Crippen molar-refractivity contribution in [3.05, 3.63) is 25.6 Å². The van der Waals surface area contributed by atoms with Gasteiger partial charge in [-0.25, -0.2) is 4.79 Å². The molecule has 1 aromatic carbocycles. The third-order valence-corrected chi connectivity index (χ3v) is 3.50. The summed E-state index contributed by atoms with van der Waals surface area (Å²) in [6.45, 7) is 1.84. The minimum atomic E-state index is 0.511. The maximum absolute atomic E-state index is 10.1. The SMILES string of the molecule is Cc1c(Cl)cc(Br)c(N=C=O)c1Br. The maximum Gasteiger partial charge on any atom is 0.240 e. The van der Waals surface area contributed by atoms with E-state index in [1.807, 2.05) is 6.92 Å². The van der Waals surface area contributed by atoms with Gasteiger partial charge in [0.25, 0.3) is 0 Å². The van der Waals surface area contributed by atoms with E-state index < -0.39 is 0 Å². The molecule has 1 rings (SSSR count). The molecule has 0 aliphatic heterocycles. The second-order valence-electron chi connectivity index (χ2n) is 2.33. The zero-order valence-electron chi connectivity index (χ0n) is 6.57. The maximum atomic E-state index is 10.1. The summed E-state index contributed by atoms with van der Waals surface area (Å²) in [6, 6.07) is 1.69. The smallest absolute Gasteiger partial charge is 0.211 e. The zero-order chi connectivity index (χ0) is 10.0. The average molecular weight is 325 g/mol. The molecule has 0 saturated heterocycles. The first-order valence-electron chi connectivity index (χ1n) is 3.30. The van der Waals surface area contributed by atoms with Crippen LogP contribution in [0.3, 0.4) is 0 Å². The van der Waals surface area contributed by atoms with Crippen molar-refractivity contribution in [1.82, 2.24) is 0 Å². The van der Waals surface area contributed by atoms with Crippen molar-refractivity contribution in [2.24, 2.45) is 4.99 Å². The Labute approximate surface area is 97.3 Å². The molecule has 0 fully saturated rings. The van der Waals surface area contributed by atoms with Gasteiger partial charge in [-0.05, 0) is 50.4 Å². The van der Waals surface area contributed by atoms with Gasteiger partial charge in [-0.15, -0.1) is 0 Å². The highest BCUT2D eigenvalue weighted by Crippen LogP contribution is 2.39. The molecule has 5 heteroatoms. The van der Waals surface area contributed by atoms with E-state index in [4.69, 9.17) is 11.6 Å². The van der Waals surface area contributed by atoms with Crippen molar-refractivity contribution in [2.45, 2.75) is 6.92 Å². The Kier molecular flexibility index (Phi) is 3.68. The molecule has 13 heavy (non-hydrogen) atoms. The van der Waals surface area contributed by atoms with Crippen molar-refractivity contribution in [3.63, 3.8) is 0 Å². The first-order valence-corrected chi connectivity index (χ1v) is 5.26. The lowest BCUT2D eigenvalue weighted by atomic mass is 10.2. The predicted molar refractivity (Wildman–Crippen MR) is 59.4 cm³/mol. The van der Waals surface area contributed by atoms with Crippen LogP contribution in [0, 0.1) is 6.92 Å². The van der Waals surface area contributed by atoms with E-state index >= 15 is 0 Å². The molecule has 0 aliphatic carbocycles. The Morgan fingerprint density at radius 2 is 2.15 bits per heavy atom. The van der Waals surface area contributed by atoms with Crippen LogP contribution in [-0.4, -0.2) is 6.08 Å². The molecule has 0 amide bonds. The fourth-order valence-electron chi connectivity index (χ4n) is 0.823. The molecule has 2 nitrogen and oxygen atoms in total. The number of aliphatic imine (C=N–C) groups is 1. The zero-order valence-corrected chi connectivity index (χ0v) is 10.5. The molecule has 0 saturated carbocycles. The molecule has 68 valence electrons. The van der Waals surface area contributed by atoms with Crippen LogP contribution in [0.4, 0.5) is 5.69 Å². The Morgan fingerprint density at radius 1 is 1.54 bits per heavy atom. The Morgan fingerprint density at radius 3 is 2.69 bits per heavy atom. The van der Waals surface area contributed by atoms with E-state index in [9.17, 15) is 4.79 Å². The van der Waals surface area contributed by atoms with Crippen LogP contribution in [0.15, 0.2) is 20.0 Å². The van der Waals surface area contributed by atoms with Gasteiger partial charge in [-0.3, -0.25) is 0 Å². The van der Waals surface area contributed by atoms with Crippen LogP contribution in [0.5, 0.6) is 0 Å². The number of carbonyl (C=O) groups excluding carboxylic acids is 1. The third kappa shape index (κ3) is 2.20. The van der Waals surface area contributed by atoms with Gasteiger partial charge in [-0.1, -0.05) is 11.6 Å². The average Bonchev–Trinajstić information content (AvgIpc) is 2.09. The van der Waals surface area contributed by atoms with Gasteiger partial charge >= 0.3 is 0 Å². The number of hydrogen-bond donors (Lipinski definition) is 0. The van der Waals surface area contributed by atoms with E-state index in [-0.39, 0.29) is 0 Å². The van der Waals surface area contributed by atoms with Crippen LogP contribution in [0.2, 0.25) is 5.02 Å². The summed E-state index contributed by atoms with van der Waals surface area (Å²) in [6.07, 6.45) is 1.48. The van der Waals surface area contributed by atoms with E-state index in [2.05, 4.69) is 36.9 Å². The molecule has 0 spiro atoms. The highest BCUT2D eigenvalue weighted by Gasteiger charge is 2.10. The number of rotatable bonds is 1. The molecule has 0 aliphatic rings. The van der Waals surface area contributed by atoms with Crippen molar-refractivity contribution in [1.29, 1.82) is 0 Å². The first kappa shape index (κ1) is 10.9. The Bertz CT molecular complexity index is 400. The molecular weight excluding hydrogens is 321 g/mol. The summed E-state index contributed by atoms with van der Waals surface area (Å²) in [5.74, 6) is 0. The molecule has 0 unspecified atom stereocenters. The number of hydrogen-bond acceptors (Lipinski definition) is 2. The quantitative estimate of drug-likeness (QED) is 0.563. The molecular formula is C8H4Br2ClNO. The van der Waals surface area contributed by atoms with E-state index in [1.165, 1.54) is 6.08 Å². The second-order valence-corrected chi connectivity index (χ2v) is 4.39. The molecule has 1 aromatic rings. The normalized spacial score (nSPS) is 9.54. The van der Waals surface area contributed by atoms with Crippen molar-refractivity contribution in [2.75, 3.05) is 0 Å². The van der Waals surface area contributed by atoms with E-state index in [0.29, 0.717) is 19.7 Å². The third-order valence-electron chi connectivity index (χ3n) is 1.53. The lowest BCUT2D eigenvalue weighted by molar-refractivity contribution is 0.565. The van der Waals surface area contributed by atoms with Gasteiger partial charge in [0.15, 0.2) is 0 Å². The first-order chi connectivity index (χ1) is 6.07. The number of benzene rings is 1. The van der Waals surface area contributed by atoms with Gasteiger partial charge in [0.2, 0.25) is 6.08 Å². The summed E-state index contributed by atoms with van der Waals surface area (Å²) in [7, 11) is 0. The lowest BCUT2D eigenvalue weighted by Crippen LogP contribution is -1.80. The van der Waals surface area contributed by atoms with Crippen LogP contribution in [-0.2, 0) is 4.79 Å². The largest absolute Gasteiger partial charge is 0.240 e. The highest BCUT2D eigenvalue weighted by atomic mass is 79.9. The lowest BCUT2D eigenvalue weighted by Gasteiger charge is -2.05. The fourth-order valence-corrected chi connectivity index (χ4v) is 2.57. The number of isocyanates is 1. The van der Waals surface area contributed by atoms with E-state index in [1.54, 1.807) is 6.07 Å². The fraction of sp³-hybridized carbons (Fsp3) is 0.125. The van der Waals surface area contributed by atoms with Gasteiger partial charge in [0.1, 0.15) is 5.69 Å². The molecule has 0 heterocycles. The summed E-state index contributed by atoms with van der Waals surface area (Å²) < 4.78 is 1.37. The van der Waals surface area contributed by atoms with Crippen LogP contribution < -0.4 is 0 Å². The van der Waals surface area contributed by atoms with E-state index in [0.717, 1.165) is 5.56 Å². The van der Waals surface area contributed by atoms with Crippen molar-refractivity contribution >= 4 is 55.2 Å². The molecule has 0 N–H and O–H groups in total. The summed E-state index contributed by atoms with van der Waals surface area (Å²) in [4.78, 5) is 13.7. The monoisotopic (exact) mass is 323 g/mol. The van der Waals surface area contributed by atoms with Crippen LogP contribution in [0.25, 0.3) is 0 Å². The van der Waals surface area contributed by atoms with Gasteiger partial charge in [0, 0.05) is 14.0 Å². The topological polar surface area (TPSA) is 29.4 Å². The van der Waals surface area contributed by atoms with Crippen molar-refractivity contribution < 1.29 is 4.79 Å². The molecule has 0 bridgehead atoms. The highest BCUT2D eigenvalue weighted by molar-refractivity contribution is 9.11.